The maximum absolute atomic E-state index is 10.4. The molecule has 0 aromatic rings. The van der Waals surface area contributed by atoms with E-state index in [0.29, 0.717) is 0 Å². The second-order valence-corrected chi connectivity index (χ2v) is 6.04. The molecule has 17 heavy (non-hydrogen) atoms. The molecule has 1 saturated carbocycles. The number of carbonyl (C=O) groups is 1. The first kappa shape index (κ1) is 11.5. The first-order valence-electron chi connectivity index (χ1n) is 7.23. The highest BCUT2D eigenvalue weighted by molar-refractivity contribution is 5.49. The summed E-state index contributed by atoms with van der Waals surface area (Å²) in [6.45, 7) is 3.70. The molecule has 0 aromatic heterocycles. The smallest absolute Gasteiger partial charge is 0.120 e. The standard InChI is InChI=1S/C15H23NO/c17-9-2-1-8-16-10-14-12-4-3-5-13(7-6-12)15(14)11-16/h6-7,9,12-15H,1-5,8,10-11H2. The molecular formula is C15H23NO. The molecule has 1 heterocycles. The van der Waals surface area contributed by atoms with Crippen molar-refractivity contribution in [3.8, 4) is 0 Å². The van der Waals surface area contributed by atoms with Gasteiger partial charge in [0.15, 0.2) is 0 Å². The third-order valence-corrected chi connectivity index (χ3v) is 5.06. The van der Waals surface area contributed by atoms with E-state index in [1.807, 2.05) is 0 Å². The Balaban J connectivity index is 1.62. The van der Waals surface area contributed by atoms with Crippen LogP contribution >= 0.6 is 0 Å². The Labute approximate surface area is 104 Å². The average molecular weight is 233 g/mol. The maximum atomic E-state index is 10.4. The van der Waals surface area contributed by atoms with E-state index >= 15 is 0 Å². The molecule has 0 radical (unpaired) electrons. The van der Waals surface area contributed by atoms with Crippen molar-refractivity contribution in [3.63, 3.8) is 0 Å². The highest BCUT2D eigenvalue weighted by atomic mass is 16.1. The van der Waals surface area contributed by atoms with Gasteiger partial charge in [-0.15, -0.1) is 0 Å². The van der Waals surface area contributed by atoms with Gasteiger partial charge in [-0.2, -0.15) is 0 Å². The number of rotatable bonds is 4. The van der Waals surface area contributed by atoms with E-state index in [1.165, 1.54) is 32.4 Å². The quantitative estimate of drug-likeness (QED) is 0.422. The molecule has 0 amide bonds. The number of carbonyl (C=O) groups excluding carboxylic acids is 1. The van der Waals surface area contributed by atoms with Crippen LogP contribution in [-0.2, 0) is 4.79 Å². The number of aldehydes is 1. The minimum absolute atomic E-state index is 0.733. The van der Waals surface area contributed by atoms with Gasteiger partial charge in [0.05, 0.1) is 0 Å². The molecule has 4 unspecified atom stereocenters. The zero-order valence-electron chi connectivity index (χ0n) is 10.6. The van der Waals surface area contributed by atoms with Gasteiger partial charge in [-0.05, 0) is 49.5 Å². The van der Waals surface area contributed by atoms with Gasteiger partial charge in [0, 0.05) is 19.5 Å². The second-order valence-electron chi connectivity index (χ2n) is 6.04. The highest BCUT2D eigenvalue weighted by Gasteiger charge is 2.43. The summed E-state index contributed by atoms with van der Waals surface area (Å²) in [5, 5.41) is 0. The van der Waals surface area contributed by atoms with Crippen molar-refractivity contribution < 1.29 is 4.79 Å². The van der Waals surface area contributed by atoms with E-state index in [-0.39, 0.29) is 0 Å². The van der Waals surface area contributed by atoms with Crippen molar-refractivity contribution in [2.75, 3.05) is 19.6 Å². The van der Waals surface area contributed by atoms with Gasteiger partial charge in [0.1, 0.15) is 6.29 Å². The zero-order valence-corrected chi connectivity index (χ0v) is 10.6. The molecular weight excluding hydrogens is 210 g/mol. The number of likely N-dealkylation sites (tertiary alicyclic amines) is 1. The lowest BCUT2D eigenvalue weighted by Gasteiger charge is -2.30. The van der Waals surface area contributed by atoms with Gasteiger partial charge < -0.3 is 9.69 Å². The molecule has 2 nitrogen and oxygen atoms in total. The van der Waals surface area contributed by atoms with E-state index in [4.69, 9.17) is 0 Å². The van der Waals surface area contributed by atoms with Gasteiger partial charge >= 0.3 is 0 Å². The number of nitrogens with zero attached hydrogens (tertiary/aromatic N) is 1. The molecule has 0 spiro atoms. The number of fused-ring (bicyclic) bond motifs is 2. The maximum Gasteiger partial charge on any atom is 0.120 e. The number of unbranched alkanes of at least 4 members (excludes halogenated alkanes) is 1. The minimum atomic E-state index is 0.733. The highest BCUT2D eigenvalue weighted by Crippen LogP contribution is 2.46. The summed E-state index contributed by atoms with van der Waals surface area (Å²) < 4.78 is 0. The predicted molar refractivity (Wildman–Crippen MR) is 68.7 cm³/mol. The number of hydrogen-bond donors (Lipinski definition) is 0. The first-order valence-corrected chi connectivity index (χ1v) is 7.23. The van der Waals surface area contributed by atoms with Crippen LogP contribution in [0.3, 0.4) is 0 Å². The number of hydrogen-bond acceptors (Lipinski definition) is 2. The Morgan fingerprint density at radius 1 is 1.12 bits per heavy atom. The Morgan fingerprint density at radius 2 is 1.76 bits per heavy atom. The third kappa shape index (κ3) is 2.20. The lowest BCUT2D eigenvalue weighted by Crippen LogP contribution is -2.27. The molecule has 2 heteroatoms. The van der Waals surface area contributed by atoms with Crippen LogP contribution in [0.4, 0.5) is 0 Å². The summed E-state index contributed by atoms with van der Waals surface area (Å²) in [4.78, 5) is 13.0. The first-order chi connectivity index (χ1) is 8.38. The van der Waals surface area contributed by atoms with Gasteiger partial charge in [0.25, 0.3) is 0 Å². The van der Waals surface area contributed by atoms with Crippen molar-refractivity contribution in [1.29, 1.82) is 0 Å². The van der Waals surface area contributed by atoms with E-state index in [9.17, 15) is 4.79 Å². The van der Waals surface area contributed by atoms with Gasteiger partial charge in [-0.1, -0.05) is 18.6 Å². The summed E-state index contributed by atoms with van der Waals surface area (Å²) in [6, 6.07) is 0. The van der Waals surface area contributed by atoms with Crippen LogP contribution < -0.4 is 0 Å². The predicted octanol–water partition coefficient (Wildman–Crippen LogP) is 2.50. The SMILES string of the molecule is O=CCCCN1CC2C3C=CC(CCC3)C2C1. The largest absolute Gasteiger partial charge is 0.303 e. The topological polar surface area (TPSA) is 20.3 Å². The average Bonchev–Trinajstić information content (AvgIpc) is 2.55. The Hall–Kier alpha value is -0.630. The molecule has 4 atom stereocenters. The fourth-order valence-corrected chi connectivity index (χ4v) is 4.21. The van der Waals surface area contributed by atoms with Gasteiger partial charge in [-0.3, -0.25) is 0 Å². The molecule has 1 aliphatic heterocycles. The van der Waals surface area contributed by atoms with Gasteiger partial charge in [-0.25, -0.2) is 0 Å². The Morgan fingerprint density at radius 3 is 2.35 bits per heavy atom. The van der Waals surface area contributed by atoms with Gasteiger partial charge in [0.2, 0.25) is 0 Å². The lowest BCUT2D eigenvalue weighted by molar-refractivity contribution is -0.108. The number of allylic oxidation sites excluding steroid dienone is 2. The summed E-state index contributed by atoms with van der Waals surface area (Å²) in [5.41, 5.74) is 0. The van der Waals surface area contributed by atoms with E-state index < -0.39 is 0 Å². The van der Waals surface area contributed by atoms with Crippen LogP contribution in [0.5, 0.6) is 0 Å². The summed E-state index contributed by atoms with van der Waals surface area (Å²) in [7, 11) is 0. The normalized spacial score (nSPS) is 40.2. The lowest BCUT2D eigenvalue weighted by atomic mass is 9.74. The molecule has 3 aliphatic carbocycles. The summed E-state index contributed by atoms with van der Waals surface area (Å²) >= 11 is 0. The summed E-state index contributed by atoms with van der Waals surface area (Å²) in [5.74, 6) is 3.55. The van der Waals surface area contributed by atoms with Crippen molar-refractivity contribution in [2.45, 2.75) is 32.1 Å². The summed E-state index contributed by atoms with van der Waals surface area (Å²) in [6.07, 6.45) is 12.1. The molecule has 4 aliphatic rings. The van der Waals surface area contributed by atoms with Crippen LogP contribution in [0.25, 0.3) is 0 Å². The zero-order chi connectivity index (χ0) is 11.7. The molecule has 0 aromatic carbocycles. The molecule has 94 valence electrons. The van der Waals surface area contributed by atoms with Crippen LogP contribution in [0, 0.1) is 23.7 Å². The monoisotopic (exact) mass is 233 g/mol. The molecule has 0 N–H and O–H groups in total. The van der Waals surface area contributed by atoms with E-state index in [0.717, 1.165) is 49.3 Å². The fraction of sp³-hybridized carbons (Fsp3) is 0.800. The molecule has 4 rings (SSSR count). The fourth-order valence-electron chi connectivity index (χ4n) is 4.21. The van der Waals surface area contributed by atoms with Crippen molar-refractivity contribution in [1.82, 2.24) is 4.90 Å². The van der Waals surface area contributed by atoms with Crippen molar-refractivity contribution in [2.24, 2.45) is 23.7 Å². The van der Waals surface area contributed by atoms with Crippen molar-refractivity contribution >= 4 is 6.29 Å². The molecule has 2 fully saturated rings. The van der Waals surface area contributed by atoms with Crippen LogP contribution in [0.15, 0.2) is 12.2 Å². The van der Waals surface area contributed by atoms with Crippen LogP contribution in [-0.4, -0.2) is 30.8 Å². The third-order valence-electron chi connectivity index (χ3n) is 5.06. The Bertz CT molecular complexity index is 290. The molecule has 2 bridgehead atoms. The van der Waals surface area contributed by atoms with E-state index in [2.05, 4.69) is 17.1 Å². The Kier molecular flexibility index (Phi) is 3.32. The van der Waals surface area contributed by atoms with E-state index in [1.54, 1.807) is 0 Å². The molecule has 1 saturated heterocycles. The van der Waals surface area contributed by atoms with Crippen LogP contribution in [0.1, 0.15) is 32.1 Å². The minimum Gasteiger partial charge on any atom is -0.303 e. The van der Waals surface area contributed by atoms with Crippen LogP contribution in [0.2, 0.25) is 0 Å². The van der Waals surface area contributed by atoms with Crippen molar-refractivity contribution in [3.05, 3.63) is 12.2 Å². The second kappa shape index (κ2) is 4.93.